The number of fused-ring (bicyclic) bond motifs is 1. The van der Waals surface area contributed by atoms with Gasteiger partial charge < -0.3 is 23.8 Å². The standard InChI is InChI=1S/C20H28N4O4/c25-18(22-8-3-4-9-22)16-15-5-1-2-10-24(15)17(21-16)19(26)23-11-6-20(7-12-23)27-13-14-28-20/h1-14H2. The van der Waals surface area contributed by atoms with Crippen LogP contribution >= 0.6 is 0 Å². The van der Waals surface area contributed by atoms with Crippen molar-refractivity contribution in [2.24, 2.45) is 0 Å². The summed E-state index contributed by atoms with van der Waals surface area (Å²) in [7, 11) is 0. The van der Waals surface area contributed by atoms with E-state index in [-0.39, 0.29) is 11.8 Å². The van der Waals surface area contributed by atoms with Gasteiger partial charge >= 0.3 is 0 Å². The maximum atomic E-state index is 13.3. The molecule has 4 aliphatic rings. The van der Waals surface area contributed by atoms with E-state index in [2.05, 4.69) is 4.98 Å². The van der Waals surface area contributed by atoms with Gasteiger partial charge in [0.1, 0.15) is 5.69 Å². The van der Waals surface area contributed by atoms with Crippen LogP contribution in [0.3, 0.4) is 0 Å². The molecule has 0 aliphatic carbocycles. The van der Waals surface area contributed by atoms with Crippen LogP contribution in [0.25, 0.3) is 0 Å². The van der Waals surface area contributed by atoms with Crippen LogP contribution in [0.2, 0.25) is 0 Å². The summed E-state index contributed by atoms with van der Waals surface area (Å²) >= 11 is 0. The quantitative estimate of drug-likeness (QED) is 0.766. The summed E-state index contributed by atoms with van der Waals surface area (Å²) in [4.78, 5) is 34.6. The second-order valence-corrected chi connectivity index (χ2v) is 8.24. The van der Waals surface area contributed by atoms with E-state index in [1.165, 1.54) is 0 Å². The Bertz CT molecular complexity index is 767. The fourth-order valence-electron chi connectivity index (χ4n) is 4.93. The second kappa shape index (κ2) is 7.15. The molecule has 3 fully saturated rings. The van der Waals surface area contributed by atoms with E-state index >= 15 is 0 Å². The lowest BCUT2D eigenvalue weighted by Crippen LogP contribution is -2.47. The molecule has 2 amide bonds. The van der Waals surface area contributed by atoms with Gasteiger partial charge in [-0.05, 0) is 32.1 Å². The molecule has 0 aromatic carbocycles. The van der Waals surface area contributed by atoms with Gasteiger partial charge in [-0.25, -0.2) is 4.98 Å². The highest BCUT2D eigenvalue weighted by atomic mass is 16.7. The highest BCUT2D eigenvalue weighted by Gasteiger charge is 2.42. The van der Waals surface area contributed by atoms with Gasteiger partial charge in [-0.3, -0.25) is 9.59 Å². The topological polar surface area (TPSA) is 76.9 Å². The summed E-state index contributed by atoms with van der Waals surface area (Å²) in [6.07, 6.45) is 6.35. The Morgan fingerprint density at radius 2 is 1.46 bits per heavy atom. The van der Waals surface area contributed by atoms with Crippen LogP contribution < -0.4 is 0 Å². The molecular formula is C20H28N4O4. The van der Waals surface area contributed by atoms with Crippen molar-refractivity contribution >= 4 is 11.8 Å². The summed E-state index contributed by atoms with van der Waals surface area (Å²) < 4.78 is 13.5. The molecule has 8 nitrogen and oxygen atoms in total. The Kier molecular flexibility index (Phi) is 4.63. The second-order valence-electron chi connectivity index (χ2n) is 8.24. The number of aromatic nitrogens is 2. The zero-order chi connectivity index (χ0) is 19.1. The van der Waals surface area contributed by atoms with Crippen LogP contribution in [0.15, 0.2) is 0 Å². The van der Waals surface area contributed by atoms with E-state index in [9.17, 15) is 9.59 Å². The lowest BCUT2D eigenvalue weighted by Gasteiger charge is -2.37. The van der Waals surface area contributed by atoms with Gasteiger partial charge in [-0.1, -0.05) is 0 Å². The Labute approximate surface area is 164 Å². The number of carbonyl (C=O) groups excluding carboxylic acids is 2. The SMILES string of the molecule is O=C(c1nc(C(=O)N2CCC3(CC2)OCCO3)n2c1CCCC2)N1CCCC1. The van der Waals surface area contributed by atoms with Gasteiger partial charge in [0.2, 0.25) is 0 Å². The fraction of sp³-hybridized carbons (Fsp3) is 0.750. The monoisotopic (exact) mass is 388 g/mol. The molecule has 0 N–H and O–H groups in total. The van der Waals surface area contributed by atoms with Crippen LogP contribution in [-0.4, -0.2) is 76.3 Å². The van der Waals surface area contributed by atoms with E-state index in [1.807, 2.05) is 14.4 Å². The zero-order valence-corrected chi connectivity index (χ0v) is 16.3. The summed E-state index contributed by atoms with van der Waals surface area (Å²) in [5.74, 6) is -0.148. The maximum Gasteiger partial charge on any atom is 0.289 e. The van der Waals surface area contributed by atoms with Gasteiger partial charge in [0.25, 0.3) is 11.8 Å². The molecule has 0 saturated carbocycles. The predicted molar refractivity (Wildman–Crippen MR) is 100 cm³/mol. The van der Waals surface area contributed by atoms with E-state index < -0.39 is 5.79 Å². The molecule has 5 heterocycles. The third-order valence-electron chi connectivity index (χ3n) is 6.53. The average Bonchev–Trinajstić information content (AvgIpc) is 3.48. The lowest BCUT2D eigenvalue weighted by molar-refractivity contribution is -0.181. The molecule has 0 bridgehead atoms. The van der Waals surface area contributed by atoms with Crippen molar-refractivity contribution in [3.63, 3.8) is 0 Å². The third-order valence-corrected chi connectivity index (χ3v) is 6.53. The van der Waals surface area contributed by atoms with Gasteiger partial charge in [0, 0.05) is 45.6 Å². The first-order chi connectivity index (χ1) is 13.7. The van der Waals surface area contributed by atoms with Gasteiger partial charge in [-0.15, -0.1) is 0 Å². The van der Waals surface area contributed by atoms with Crippen LogP contribution in [0.4, 0.5) is 0 Å². The highest BCUT2D eigenvalue weighted by Crippen LogP contribution is 2.32. The van der Waals surface area contributed by atoms with Gasteiger partial charge in [-0.2, -0.15) is 0 Å². The molecule has 5 rings (SSSR count). The minimum Gasteiger partial charge on any atom is -0.347 e. The van der Waals surface area contributed by atoms with Crippen molar-refractivity contribution in [1.29, 1.82) is 0 Å². The number of hydrogen-bond donors (Lipinski definition) is 0. The molecule has 28 heavy (non-hydrogen) atoms. The molecule has 1 spiro atoms. The minimum absolute atomic E-state index is 0.00690. The Morgan fingerprint density at radius 1 is 0.821 bits per heavy atom. The number of ether oxygens (including phenoxy) is 2. The molecule has 8 heteroatoms. The van der Waals surface area contributed by atoms with Crippen LogP contribution in [-0.2, 0) is 22.4 Å². The number of amides is 2. The van der Waals surface area contributed by atoms with E-state index in [0.29, 0.717) is 50.7 Å². The first kappa shape index (κ1) is 18.1. The summed E-state index contributed by atoms with van der Waals surface area (Å²) in [5, 5.41) is 0. The number of nitrogens with zero attached hydrogens (tertiary/aromatic N) is 4. The van der Waals surface area contributed by atoms with Crippen LogP contribution in [0, 0.1) is 0 Å². The summed E-state index contributed by atoms with van der Waals surface area (Å²) in [6.45, 7) is 4.80. The molecule has 1 aromatic heterocycles. The Hall–Kier alpha value is -1.93. The normalized spacial score (nSPS) is 24.0. The minimum atomic E-state index is -0.500. The fourth-order valence-corrected chi connectivity index (χ4v) is 4.93. The van der Waals surface area contributed by atoms with Crippen LogP contribution in [0.5, 0.6) is 0 Å². The number of rotatable bonds is 2. The number of hydrogen-bond acceptors (Lipinski definition) is 5. The predicted octanol–water partition coefficient (Wildman–Crippen LogP) is 1.43. The van der Waals surface area contributed by atoms with Crippen LogP contribution in [0.1, 0.15) is 65.3 Å². The van der Waals surface area contributed by atoms with Crippen molar-refractivity contribution in [1.82, 2.24) is 19.4 Å². The van der Waals surface area contributed by atoms with Crippen molar-refractivity contribution in [2.75, 3.05) is 39.4 Å². The van der Waals surface area contributed by atoms with E-state index in [1.54, 1.807) is 0 Å². The van der Waals surface area contributed by atoms with E-state index in [0.717, 1.165) is 57.4 Å². The van der Waals surface area contributed by atoms with Crippen molar-refractivity contribution in [3.05, 3.63) is 17.2 Å². The number of likely N-dealkylation sites (tertiary alicyclic amines) is 2. The summed E-state index contributed by atoms with van der Waals surface area (Å²) in [5.41, 5.74) is 1.45. The first-order valence-electron chi connectivity index (χ1n) is 10.6. The van der Waals surface area contributed by atoms with Crippen molar-refractivity contribution in [2.45, 2.75) is 57.3 Å². The smallest absolute Gasteiger partial charge is 0.289 e. The molecule has 0 atom stereocenters. The molecule has 0 unspecified atom stereocenters. The average molecular weight is 388 g/mol. The highest BCUT2D eigenvalue weighted by molar-refractivity contribution is 5.97. The van der Waals surface area contributed by atoms with E-state index in [4.69, 9.17) is 9.47 Å². The van der Waals surface area contributed by atoms with Gasteiger partial charge in [0.05, 0.1) is 18.9 Å². The first-order valence-corrected chi connectivity index (χ1v) is 10.6. The summed E-state index contributed by atoms with van der Waals surface area (Å²) in [6, 6.07) is 0. The Morgan fingerprint density at radius 3 is 2.18 bits per heavy atom. The lowest BCUT2D eigenvalue weighted by atomic mass is 10.0. The number of imidazole rings is 1. The third kappa shape index (κ3) is 3.03. The number of carbonyl (C=O) groups is 2. The number of piperidine rings is 1. The molecule has 3 saturated heterocycles. The van der Waals surface area contributed by atoms with Crippen molar-refractivity contribution < 1.29 is 19.1 Å². The molecule has 0 radical (unpaired) electrons. The Balaban J connectivity index is 1.38. The molecular weight excluding hydrogens is 360 g/mol. The maximum absolute atomic E-state index is 13.3. The largest absolute Gasteiger partial charge is 0.347 e. The van der Waals surface area contributed by atoms with Crippen molar-refractivity contribution in [3.8, 4) is 0 Å². The molecule has 4 aliphatic heterocycles. The zero-order valence-electron chi connectivity index (χ0n) is 16.3. The van der Waals surface area contributed by atoms with Gasteiger partial charge in [0.15, 0.2) is 11.6 Å². The molecule has 1 aromatic rings. The molecule has 152 valence electrons.